The summed E-state index contributed by atoms with van der Waals surface area (Å²) in [5.74, 6) is -0.837. The normalized spacial score (nSPS) is 12.3. The van der Waals surface area contributed by atoms with Crippen LogP contribution in [0.25, 0.3) is 0 Å². The zero-order valence-electron chi connectivity index (χ0n) is 55.3. The van der Waals surface area contributed by atoms with Crippen molar-refractivity contribution < 1.29 is 28.6 Å². The lowest BCUT2D eigenvalue weighted by Crippen LogP contribution is -2.30. The average molecular weight is 1150 g/mol. The molecule has 0 aromatic rings. The van der Waals surface area contributed by atoms with Crippen LogP contribution in [0.15, 0.2) is 48.6 Å². The van der Waals surface area contributed by atoms with Crippen molar-refractivity contribution in [3.05, 3.63) is 48.6 Å². The lowest BCUT2D eigenvalue weighted by atomic mass is 10.0. The molecule has 6 heteroatoms. The molecule has 1 unspecified atom stereocenters. The molecule has 0 aliphatic heterocycles. The van der Waals surface area contributed by atoms with Gasteiger partial charge in [0, 0.05) is 19.3 Å². The van der Waals surface area contributed by atoms with E-state index in [-0.39, 0.29) is 31.1 Å². The second-order valence-corrected chi connectivity index (χ2v) is 24.8. The van der Waals surface area contributed by atoms with Gasteiger partial charge in [-0.15, -0.1) is 0 Å². The highest BCUT2D eigenvalue weighted by molar-refractivity contribution is 5.71. The van der Waals surface area contributed by atoms with Crippen LogP contribution in [0.3, 0.4) is 0 Å². The molecule has 480 valence electrons. The minimum atomic E-state index is -0.768. The maximum atomic E-state index is 12.9. The Morgan fingerprint density at radius 3 is 0.744 bits per heavy atom. The average Bonchev–Trinajstić information content (AvgIpc) is 3.48. The van der Waals surface area contributed by atoms with Crippen LogP contribution in [-0.2, 0) is 28.6 Å². The van der Waals surface area contributed by atoms with Crippen LogP contribution in [-0.4, -0.2) is 37.2 Å². The number of unbranched alkanes of at least 4 members (excludes halogenated alkanes) is 49. The zero-order chi connectivity index (χ0) is 59.2. The van der Waals surface area contributed by atoms with Crippen LogP contribution in [0.4, 0.5) is 0 Å². The lowest BCUT2D eigenvalue weighted by molar-refractivity contribution is -0.167. The first kappa shape index (κ1) is 79.4. The van der Waals surface area contributed by atoms with E-state index in [9.17, 15) is 14.4 Å². The predicted molar refractivity (Wildman–Crippen MR) is 358 cm³/mol. The number of carbonyl (C=O) groups is 3. The first-order chi connectivity index (χ1) is 40.5. The summed E-state index contributed by atoms with van der Waals surface area (Å²) in [5, 5.41) is 0. The molecule has 0 bridgehead atoms. The molecule has 0 radical (unpaired) electrons. The van der Waals surface area contributed by atoms with E-state index in [2.05, 4.69) is 69.4 Å². The van der Waals surface area contributed by atoms with Crippen molar-refractivity contribution in [1.82, 2.24) is 0 Å². The highest BCUT2D eigenvalue weighted by atomic mass is 16.6. The first-order valence-corrected chi connectivity index (χ1v) is 36.6. The summed E-state index contributed by atoms with van der Waals surface area (Å²) in [4.78, 5) is 38.4. The third kappa shape index (κ3) is 68.2. The highest BCUT2D eigenvalue weighted by Crippen LogP contribution is 2.19. The topological polar surface area (TPSA) is 78.9 Å². The minimum Gasteiger partial charge on any atom is -0.462 e. The van der Waals surface area contributed by atoms with Gasteiger partial charge in [-0.2, -0.15) is 0 Å². The standard InChI is InChI=1S/C76H140O6/c1-4-7-10-13-16-19-22-24-26-28-30-32-34-36-37-38-39-41-42-44-46-48-50-52-54-57-60-63-66-69-75(78)81-72-73(71-80-74(77)68-65-62-59-56-21-18-15-12-9-6-3)82-76(79)70-67-64-61-58-55-53-51-49-47-45-43-40-35-33-31-29-27-25-23-20-17-14-11-8-5-2/h7,10,16,19,24,26,30,32,73H,4-6,8-9,11-15,17-18,20-23,25,27-29,31,33-72H2,1-3H3/b10-7-,19-16-,26-24-,32-30-. The van der Waals surface area contributed by atoms with Gasteiger partial charge in [0.25, 0.3) is 0 Å². The third-order valence-corrected chi connectivity index (χ3v) is 16.6. The van der Waals surface area contributed by atoms with Crippen molar-refractivity contribution in [1.29, 1.82) is 0 Å². The molecule has 0 N–H and O–H groups in total. The van der Waals surface area contributed by atoms with Crippen LogP contribution in [0.2, 0.25) is 0 Å². The maximum absolute atomic E-state index is 12.9. The van der Waals surface area contributed by atoms with Gasteiger partial charge in [0.1, 0.15) is 13.2 Å². The fourth-order valence-corrected chi connectivity index (χ4v) is 11.1. The molecule has 0 heterocycles. The van der Waals surface area contributed by atoms with Crippen molar-refractivity contribution in [3.63, 3.8) is 0 Å². The molecule has 6 nitrogen and oxygen atoms in total. The van der Waals surface area contributed by atoms with Gasteiger partial charge in [-0.25, -0.2) is 0 Å². The molecule has 82 heavy (non-hydrogen) atoms. The Labute approximate surface area is 511 Å². The van der Waals surface area contributed by atoms with E-state index in [1.807, 2.05) is 0 Å². The summed E-state index contributed by atoms with van der Waals surface area (Å²) >= 11 is 0. The maximum Gasteiger partial charge on any atom is 0.306 e. The Morgan fingerprint density at radius 1 is 0.256 bits per heavy atom. The van der Waals surface area contributed by atoms with Crippen LogP contribution in [0, 0.1) is 0 Å². The van der Waals surface area contributed by atoms with E-state index < -0.39 is 6.10 Å². The van der Waals surface area contributed by atoms with E-state index in [1.165, 1.54) is 276 Å². The molecule has 0 aliphatic carbocycles. The van der Waals surface area contributed by atoms with E-state index in [1.54, 1.807) is 0 Å². The fourth-order valence-electron chi connectivity index (χ4n) is 11.1. The monoisotopic (exact) mass is 1150 g/mol. The van der Waals surface area contributed by atoms with Crippen molar-refractivity contribution in [3.8, 4) is 0 Å². The Balaban J connectivity index is 4.11. The van der Waals surface area contributed by atoms with Crippen LogP contribution >= 0.6 is 0 Å². The molecule has 0 spiro atoms. The first-order valence-electron chi connectivity index (χ1n) is 36.6. The molecule has 0 rings (SSSR count). The number of esters is 3. The lowest BCUT2D eigenvalue weighted by Gasteiger charge is -2.18. The van der Waals surface area contributed by atoms with E-state index in [0.29, 0.717) is 19.3 Å². The van der Waals surface area contributed by atoms with Gasteiger partial charge in [0.2, 0.25) is 0 Å². The summed E-state index contributed by atoms with van der Waals surface area (Å²) in [6, 6.07) is 0. The molecule has 0 saturated carbocycles. The van der Waals surface area contributed by atoms with Crippen molar-refractivity contribution in [2.45, 2.75) is 406 Å². The molecule has 0 aromatic heterocycles. The second kappa shape index (κ2) is 70.9. The Kier molecular flexibility index (Phi) is 68.6. The van der Waals surface area contributed by atoms with E-state index in [0.717, 1.165) is 83.5 Å². The van der Waals surface area contributed by atoms with Gasteiger partial charge in [0.05, 0.1) is 0 Å². The quantitative estimate of drug-likeness (QED) is 0.0261. The smallest absolute Gasteiger partial charge is 0.306 e. The Morgan fingerprint density at radius 2 is 0.476 bits per heavy atom. The van der Waals surface area contributed by atoms with Crippen molar-refractivity contribution >= 4 is 17.9 Å². The number of ether oxygens (including phenoxy) is 3. The van der Waals surface area contributed by atoms with Gasteiger partial charge >= 0.3 is 17.9 Å². The largest absolute Gasteiger partial charge is 0.462 e. The Hall–Kier alpha value is -2.63. The van der Waals surface area contributed by atoms with Crippen molar-refractivity contribution in [2.24, 2.45) is 0 Å². The second-order valence-electron chi connectivity index (χ2n) is 24.8. The zero-order valence-corrected chi connectivity index (χ0v) is 55.3. The SMILES string of the molecule is CC/C=C\C/C=C\C/C=C\C/C=C\CCCCCCCCCCCCCCCCCCC(=O)OCC(COC(=O)CCCCCCCCCCCC)OC(=O)CCCCCCCCCCCCCCCCCCCCCCCCCCC. The summed E-state index contributed by atoms with van der Waals surface area (Å²) in [6.45, 7) is 6.59. The Bertz CT molecular complexity index is 1410. The number of hydrogen-bond acceptors (Lipinski definition) is 6. The summed E-state index contributed by atoms with van der Waals surface area (Å²) in [5.41, 5.74) is 0. The van der Waals surface area contributed by atoms with Crippen LogP contribution < -0.4 is 0 Å². The summed E-state index contributed by atoms with van der Waals surface area (Å²) in [6.07, 6.45) is 90.2. The third-order valence-electron chi connectivity index (χ3n) is 16.6. The number of rotatable bonds is 68. The van der Waals surface area contributed by atoms with Crippen LogP contribution in [0.5, 0.6) is 0 Å². The van der Waals surface area contributed by atoms with Gasteiger partial charge in [-0.05, 0) is 57.8 Å². The predicted octanol–water partition coefficient (Wildman–Crippen LogP) is 25.3. The minimum absolute atomic E-state index is 0.0658. The van der Waals surface area contributed by atoms with Gasteiger partial charge in [-0.3, -0.25) is 14.4 Å². The highest BCUT2D eigenvalue weighted by Gasteiger charge is 2.19. The van der Waals surface area contributed by atoms with Gasteiger partial charge in [-0.1, -0.05) is 371 Å². The van der Waals surface area contributed by atoms with Crippen molar-refractivity contribution in [2.75, 3.05) is 13.2 Å². The molecule has 0 aromatic carbocycles. The molecular formula is C76H140O6. The molecule has 0 aliphatic rings. The van der Waals surface area contributed by atoms with E-state index in [4.69, 9.17) is 14.2 Å². The summed E-state index contributed by atoms with van der Waals surface area (Å²) < 4.78 is 17.0. The molecular weight excluding hydrogens is 1010 g/mol. The number of hydrogen-bond donors (Lipinski definition) is 0. The molecule has 1 atom stereocenters. The van der Waals surface area contributed by atoms with Crippen LogP contribution in [0.1, 0.15) is 400 Å². The molecule has 0 amide bonds. The molecule has 0 saturated heterocycles. The molecule has 0 fully saturated rings. The van der Waals surface area contributed by atoms with Gasteiger partial charge in [0.15, 0.2) is 6.10 Å². The summed E-state index contributed by atoms with van der Waals surface area (Å²) in [7, 11) is 0. The van der Waals surface area contributed by atoms with Gasteiger partial charge < -0.3 is 14.2 Å². The fraction of sp³-hybridized carbons (Fsp3) is 0.855. The number of carbonyl (C=O) groups excluding carboxylic acids is 3. The number of allylic oxidation sites excluding steroid dienone is 8. The van der Waals surface area contributed by atoms with E-state index >= 15 is 0 Å².